The number of amides is 1. The fraction of sp³-hybridized carbons (Fsp3) is 0.364. The van der Waals surface area contributed by atoms with Crippen LogP contribution in [-0.2, 0) is 17.8 Å². The number of nitrogens with zero attached hydrogens (tertiary/aromatic N) is 2. The molecule has 1 unspecified atom stereocenters. The van der Waals surface area contributed by atoms with Crippen LogP contribution in [0.5, 0.6) is 0 Å². The van der Waals surface area contributed by atoms with E-state index in [1.165, 1.54) is 0 Å². The van der Waals surface area contributed by atoms with Gasteiger partial charge in [0.05, 0.1) is 11.0 Å². The summed E-state index contributed by atoms with van der Waals surface area (Å²) in [6.07, 6.45) is 0.798. The van der Waals surface area contributed by atoms with Gasteiger partial charge >= 0.3 is 0 Å². The van der Waals surface area contributed by atoms with Gasteiger partial charge in [-0.15, -0.1) is 0 Å². The molecule has 1 amide bonds. The second kappa shape index (κ2) is 8.71. The monoisotopic (exact) mass is 364 g/mol. The van der Waals surface area contributed by atoms with Crippen molar-refractivity contribution in [2.45, 2.75) is 39.8 Å². The number of carbonyl (C=O) groups is 1. The van der Waals surface area contributed by atoms with E-state index in [0.717, 1.165) is 29.0 Å². The highest BCUT2D eigenvalue weighted by molar-refractivity contribution is 5.81. The van der Waals surface area contributed by atoms with E-state index >= 15 is 0 Å². The Balaban J connectivity index is 1.65. The standard InChI is InChI=1S/C22H28N4O/c1-4-21-25-18-12-8-9-13-20(18)26(21)15-22(27)23-14-19(16(2)3)24-17-10-6-5-7-11-17/h5-13,16,19,24H,4,14-15H2,1-3H3,(H,23,27). The van der Waals surface area contributed by atoms with E-state index in [0.29, 0.717) is 19.0 Å². The maximum absolute atomic E-state index is 12.6. The highest BCUT2D eigenvalue weighted by Crippen LogP contribution is 2.16. The first-order valence-electron chi connectivity index (χ1n) is 9.61. The molecule has 0 spiro atoms. The van der Waals surface area contributed by atoms with Crippen molar-refractivity contribution in [1.82, 2.24) is 14.9 Å². The van der Waals surface area contributed by atoms with Gasteiger partial charge in [0.2, 0.25) is 5.91 Å². The van der Waals surface area contributed by atoms with E-state index in [1.54, 1.807) is 0 Å². The molecule has 0 saturated carbocycles. The fourth-order valence-corrected chi connectivity index (χ4v) is 3.20. The van der Waals surface area contributed by atoms with Crippen molar-refractivity contribution < 1.29 is 4.79 Å². The lowest BCUT2D eigenvalue weighted by atomic mass is 10.0. The molecule has 142 valence electrons. The van der Waals surface area contributed by atoms with E-state index in [-0.39, 0.29) is 11.9 Å². The number of anilines is 1. The average Bonchev–Trinajstić information content (AvgIpc) is 3.03. The Morgan fingerprint density at radius 3 is 2.48 bits per heavy atom. The number of nitrogens with one attached hydrogen (secondary N) is 2. The molecule has 0 bridgehead atoms. The van der Waals surface area contributed by atoms with Gasteiger partial charge in [-0.05, 0) is 30.2 Å². The first-order chi connectivity index (χ1) is 13.1. The summed E-state index contributed by atoms with van der Waals surface area (Å²) in [5.41, 5.74) is 3.01. The van der Waals surface area contributed by atoms with Crippen molar-refractivity contribution in [3.63, 3.8) is 0 Å². The quantitative estimate of drug-likeness (QED) is 0.638. The number of para-hydroxylation sites is 3. The van der Waals surface area contributed by atoms with Crippen LogP contribution in [0.2, 0.25) is 0 Å². The minimum absolute atomic E-state index is 0.00775. The molecule has 0 fully saturated rings. The summed E-state index contributed by atoms with van der Waals surface area (Å²) in [5, 5.41) is 6.60. The lowest BCUT2D eigenvalue weighted by molar-refractivity contribution is -0.121. The third-order valence-corrected chi connectivity index (χ3v) is 4.80. The zero-order valence-electron chi connectivity index (χ0n) is 16.3. The van der Waals surface area contributed by atoms with Crippen LogP contribution in [0.3, 0.4) is 0 Å². The molecular weight excluding hydrogens is 336 g/mol. The number of carbonyl (C=O) groups excluding carboxylic acids is 1. The molecule has 3 aromatic rings. The largest absolute Gasteiger partial charge is 0.380 e. The molecule has 2 aromatic carbocycles. The fourth-order valence-electron chi connectivity index (χ4n) is 3.20. The molecule has 5 heteroatoms. The van der Waals surface area contributed by atoms with Crippen molar-refractivity contribution in [3.8, 4) is 0 Å². The summed E-state index contributed by atoms with van der Waals surface area (Å²) in [6.45, 7) is 7.25. The van der Waals surface area contributed by atoms with Gasteiger partial charge in [-0.1, -0.05) is 51.1 Å². The van der Waals surface area contributed by atoms with Crippen molar-refractivity contribution in [3.05, 3.63) is 60.4 Å². The second-order valence-corrected chi connectivity index (χ2v) is 7.12. The van der Waals surface area contributed by atoms with Crippen LogP contribution >= 0.6 is 0 Å². The smallest absolute Gasteiger partial charge is 0.240 e. The van der Waals surface area contributed by atoms with Gasteiger partial charge in [-0.2, -0.15) is 0 Å². The number of aromatic nitrogens is 2. The summed E-state index contributed by atoms with van der Waals surface area (Å²) in [7, 11) is 0. The summed E-state index contributed by atoms with van der Waals surface area (Å²) in [6, 6.07) is 18.2. The summed E-state index contributed by atoms with van der Waals surface area (Å²) >= 11 is 0. The highest BCUT2D eigenvalue weighted by atomic mass is 16.1. The lowest BCUT2D eigenvalue weighted by Gasteiger charge is -2.24. The van der Waals surface area contributed by atoms with Gasteiger partial charge in [0.25, 0.3) is 0 Å². The van der Waals surface area contributed by atoms with Crippen molar-refractivity contribution in [2.75, 3.05) is 11.9 Å². The predicted octanol–water partition coefficient (Wildman–Crippen LogP) is 3.85. The van der Waals surface area contributed by atoms with Crippen LogP contribution in [0.15, 0.2) is 54.6 Å². The van der Waals surface area contributed by atoms with Crippen LogP contribution in [0.25, 0.3) is 11.0 Å². The molecule has 0 aliphatic carbocycles. The number of rotatable bonds is 8. The topological polar surface area (TPSA) is 59.0 Å². The maximum Gasteiger partial charge on any atom is 0.240 e. The normalized spacial score (nSPS) is 12.3. The molecule has 0 aliphatic rings. The Bertz CT molecular complexity index is 886. The zero-order chi connectivity index (χ0) is 19.2. The number of fused-ring (bicyclic) bond motifs is 1. The van der Waals surface area contributed by atoms with Gasteiger partial charge in [0.15, 0.2) is 0 Å². The third-order valence-electron chi connectivity index (χ3n) is 4.80. The van der Waals surface area contributed by atoms with E-state index in [4.69, 9.17) is 0 Å². The van der Waals surface area contributed by atoms with Crippen LogP contribution < -0.4 is 10.6 Å². The number of hydrogen-bond donors (Lipinski definition) is 2. The molecule has 0 radical (unpaired) electrons. The Morgan fingerprint density at radius 2 is 1.78 bits per heavy atom. The molecular formula is C22H28N4O. The van der Waals surface area contributed by atoms with Crippen LogP contribution in [0.1, 0.15) is 26.6 Å². The first kappa shape index (κ1) is 19.0. The number of hydrogen-bond acceptors (Lipinski definition) is 3. The summed E-state index contributed by atoms with van der Waals surface area (Å²) < 4.78 is 2.01. The van der Waals surface area contributed by atoms with Gasteiger partial charge in [0.1, 0.15) is 12.4 Å². The van der Waals surface area contributed by atoms with Gasteiger partial charge in [0, 0.05) is 24.7 Å². The SMILES string of the molecule is CCc1nc2ccccc2n1CC(=O)NCC(Nc1ccccc1)C(C)C. The summed E-state index contributed by atoms with van der Waals surface area (Å²) in [5.74, 6) is 1.34. The Labute approximate surface area is 160 Å². The van der Waals surface area contributed by atoms with E-state index in [2.05, 4.69) is 36.4 Å². The molecule has 0 saturated heterocycles. The van der Waals surface area contributed by atoms with Gasteiger partial charge in [-0.25, -0.2) is 4.98 Å². The first-order valence-corrected chi connectivity index (χ1v) is 9.61. The predicted molar refractivity (Wildman–Crippen MR) is 111 cm³/mol. The average molecular weight is 364 g/mol. The van der Waals surface area contributed by atoms with Crippen LogP contribution in [0.4, 0.5) is 5.69 Å². The zero-order valence-corrected chi connectivity index (χ0v) is 16.3. The molecule has 27 heavy (non-hydrogen) atoms. The molecule has 5 nitrogen and oxygen atoms in total. The van der Waals surface area contributed by atoms with E-state index < -0.39 is 0 Å². The Hall–Kier alpha value is -2.82. The summed E-state index contributed by atoms with van der Waals surface area (Å²) in [4.78, 5) is 17.2. The Morgan fingerprint density at radius 1 is 1.07 bits per heavy atom. The Kier molecular flexibility index (Phi) is 6.12. The lowest BCUT2D eigenvalue weighted by Crippen LogP contribution is -2.40. The van der Waals surface area contributed by atoms with Gasteiger partial charge < -0.3 is 15.2 Å². The third kappa shape index (κ3) is 4.67. The highest BCUT2D eigenvalue weighted by Gasteiger charge is 2.16. The van der Waals surface area contributed by atoms with Crippen molar-refractivity contribution in [2.24, 2.45) is 5.92 Å². The molecule has 1 atom stereocenters. The minimum Gasteiger partial charge on any atom is -0.380 e. The van der Waals surface area contributed by atoms with Crippen molar-refractivity contribution in [1.29, 1.82) is 0 Å². The van der Waals surface area contributed by atoms with E-state index in [9.17, 15) is 4.79 Å². The number of benzene rings is 2. The van der Waals surface area contributed by atoms with E-state index in [1.807, 2.05) is 59.2 Å². The minimum atomic E-state index is 0.00775. The second-order valence-electron chi connectivity index (χ2n) is 7.12. The molecule has 1 aromatic heterocycles. The molecule has 1 heterocycles. The van der Waals surface area contributed by atoms with Crippen LogP contribution in [-0.4, -0.2) is 28.0 Å². The maximum atomic E-state index is 12.6. The molecule has 0 aliphatic heterocycles. The number of imidazole rings is 1. The van der Waals surface area contributed by atoms with Crippen molar-refractivity contribution >= 4 is 22.6 Å². The molecule has 2 N–H and O–H groups in total. The molecule has 3 rings (SSSR count). The van der Waals surface area contributed by atoms with Gasteiger partial charge in [-0.3, -0.25) is 4.79 Å². The van der Waals surface area contributed by atoms with Crippen LogP contribution in [0, 0.1) is 5.92 Å². The number of aryl methyl sites for hydroxylation is 1.